The fourth-order valence-corrected chi connectivity index (χ4v) is 3.90. The van der Waals surface area contributed by atoms with E-state index in [-0.39, 0.29) is 18.5 Å². The number of carbonyl (C=O) groups excluding carboxylic acids is 1. The van der Waals surface area contributed by atoms with Crippen LogP contribution in [0, 0.1) is 0 Å². The summed E-state index contributed by atoms with van der Waals surface area (Å²) in [6.07, 6.45) is 2.75. The minimum atomic E-state index is 0.0339. The molecule has 0 unspecified atom stereocenters. The number of amides is 1. The van der Waals surface area contributed by atoms with Crippen LogP contribution in [0.25, 0.3) is 22.5 Å². The fraction of sp³-hybridized carbons (Fsp3) is 0.304. The molecule has 0 atom stereocenters. The maximum absolute atomic E-state index is 13.3. The van der Waals surface area contributed by atoms with Gasteiger partial charge < -0.3 is 13.9 Å². The van der Waals surface area contributed by atoms with Crippen molar-refractivity contribution in [2.75, 3.05) is 0 Å². The van der Waals surface area contributed by atoms with Crippen molar-refractivity contribution < 1.29 is 9.21 Å². The van der Waals surface area contributed by atoms with Crippen molar-refractivity contribution in [1.29, 1.82) is 0 Å². The summed E-state index contributed by atoms with van der Waals surface area (Å²) in [6, 6.07) is 15.4. The van der Waals surface area contributed by atoms with Gasteiger partial charge >= 0.3 is 0 Å². The minimum Gasteiger partial charge on any atom is -0.419 e. The minimum absolute atomic E-state index is 0.0339. The molecular formula is C23H22ClN5O2. The van der Waals surface area contributed by atoms with Gasteiger partial charge in [-0.25, -0.2) is 4.98 Å². The zero-order valence-electron chi connectivity index (χ0n) is 17.2. The number of aromatic nitrogens is 4. The van der Waals surface area contributed by atoms with Crippen LogP contribution in [0.15, 0.2) is 52.9 Å². The van der Waals surface area contributed by atoms with Crippen LogP contribution in [0.5, 0.6) is 0 Å². The van der Waals surface area contributed by atoms with Gasteiger partial charge in [-0.2, -0.15) is 0 Å². The lowest BCUT2D eigenvalue weighted by Gasteiger charge is -2.21. The normalized spacial score (nSPS) is 13.6. The summed E-state index contributed by atoms with van der Waals surface area (Å²) in [4.78, 5) is 19.8. The third-order valence-corrected chi connectivity index (χ3v) is 5.77. The Morgan fingerprint density at radius 2 is 1.94 bits per heavy atom. The lowest BCUT2D eigenvalue weighted by atomic mass is 10.2. The monoisotopic (exact) mass is 435 g/mol. The van der Waals surface area contributed by atoms with Gasteiger partial charge in [-0.3, -0.25) is 4.79 Å². The highest BCUT2D eigenvalue weighted by Gasteiger charge is 2.34. The van der Waals surface area contributed by atoms with Crippen molar-refractivity contribution in [2.45, 2.75) is 45.3 Å². The van der Waals surface area contributed by atoms with Crippen LogP contribution in [0.4, 0.5) is 0 Å². The van der Waals surface area contributed by atoms with Gasteiger partial charge in [-0.15, -0.1) is 10.2 Å². The first-order chi connectivity index (χ1) is 15.1. The average Bonchev–Trinajstić information content (AvgIpc) is 3.41. The molecule has 1 amide bonds. The molecule has 2 aromatic carbocycles. The van der Waals surface area contributed by atoms with Gasteiger partial charge in [-0.05, 0) is 49.2 Å². The fourth-order valence-electron chi connectivity index (χ4n) is 3.78. The average molecular weight is 436 g/mol. The molecule has 1 saturated carbocycles. The Morgan fingerprint density at radius 1 is 1.16 bits per heavy atom. The van der Waals surface area contributed by atoms with Crippen LogP contribution in [0.1, 0.15) is 31.5 Å². The number of hydrogen-bond donors (Lipinski definition) is 0. The number of fused-ring (bicyclic) bond motifs is 1. The second-order valence-electron chi connectivity index (χ2n) is 7.72. The first-order valence-electron chi connectivity index (χ1n) is 10.4. The first kappa shape index (κ1) is 19.8. The lowest BCUT2D eigenvalue weighted by molar-refractivity contribution is -0.133. The molecule has 1 aliphatic rings. The molecular weight excluding hydrogens is 414 g/mol. The SMILES string of the molecule is CCc1nc2ccccc2n1CC(=O)N(Cc1nnc(-c2ccc(Cl)cc2)o1)C1CC1. The van der Waals surface area contributed by atoms with Gasteiger partial charge in [0.05, 0.1) is 17.6 Å². The molecule has 0 spiro atoms. The number of para-hydroxylation sites is 2. The van der Waals surface area contributed by atoms with E-state index in [9.17, 15) is 4.79 Å². The van der Waals surface area contributed by atoms with E-state index in [0.717, 1.165) is 41.7 Å². The summed E-state index contributed by atoms with van der Waals surface area (Å²) in [6.45, 7) is 2.61. The molecule has 158 valence electrons. The van der Waals surface area contributed by atoms with E-state index in [4.69, 9.17) is 16.0 Å². The number of imidazole rings is 1. The Labute approximate surface area is 184 Å². The van der Waals surface area contributed by atoms with Gasteiger partial charge in [0.15, 0.2) is 0 Å². The van der Waals surface area contributed by atoms with Crippen molar-refractivity contribution in [3.8, 4) is 11.5 Å². The quantitative estimate of drug-likeness (QED) is 0.427. The van der Waals surface area contributed by atoms with E-state index in [1.807, 2.05) is 45.9 Å². The molecule has 7 nitrogen and oxygen atoms in total. The maximum Gasteiger partial charge on any atom is 0.247 e. The summed E-state index contributed by atoms with van der Waals surface area (Å²) in [5, 5.41) is 8.95. The second kappa shape index (κ2) is 8.15. The molecule has 4 aromatic rings. The number of halogens is 1. The Hall–Kier alpha value is -3.19. The molecule has 31 heavy (non-hydrogen) atoms. The number of rotatable bonds is 7. The Morgan fingerprint density at radius 3 is 2.68 bits per heavy atom. The Kier molecular flexibility index (Phi) is 5.19. The predicted octanol–water partition coefficient (Wildman–Crippen LogP) is 4.49. The molecule has 0 aliphatic heterocycles. The number of carbonyl (C=O) groups is 1. The van der Waals surface area contributed by atoms with Crippen LogP contribution >= 0.6 is 11.6 Å². The van der Waals surface area contributed by atoms with Gasteiger partial charge in [-0.1, -0.05) is 30.7 Å². The Balaban J connectivity index is 1.36. The van der Waals surface area contributed by atoms with Gasteiger partial charge in [0.25, 0.3) is 0 Å². The van der Waals surface area contributed by atoms with Crippen LogP contribution in [0.3, 0.4) is 0 Å². The van der Waals surface area contributed by atoms with E-state index in [1.54, 1.807) is 12.1 Å². The molecule has 2 aromatic heterocycles. The zero-order valence-corrected chi connectivity index (χ0v) is 17.9. The summed E-state index contributed by atoms with van der Waals surface area (Å²) in [5.41, 5.74) is 2.69. The maximum atomic E-state index is 13.3. The lowest BCUT2D eigenvalue weighted by Crippen LogP contribution is -2.35. The number of benzene rings is 2. The van der Waals surface area contributed by atoms with Crippen LogP contribution < -0.4 is 0 Å². The molecule has 0 bridgehead atoms. The molecule has 0 saturated heterocycles. The highest BCUT2D eigenvalue weighted by molar-refractivity contribution is 6.30. The highest BCUT2D eigenvalue weighted by atomic mass is 35.5. The van der Waals surface area contributed by atoms with E-state index in [0.29, 0.717) is 23.3 Å². The summed E-state index contributed by atoms with van der Waals surface area (Å²) >= 11 is 5.95. The van der Waals surface area contributed by atoms with E-state index >= 15 is 0 Å². The molecule has 1 fully saturated rings. The predicted molar refractivity (Wildman–Crippen MR) is 117 cm³/mol. The molecule has 0 N–H and O–H groups in total. The zero-order chi connectivity index (χ0) is 21.4. The number of nitrogens with zero attached hydrogens (tertiary/aromatic N) is 5. The molecule has 8 heteroatoms. The highest BCUT2D eigenvalue weighted by Crippen LogP contribution is 2.30. The van der Waals surface area contributed by atoms with Crippen molar-refractivity contribution in [2.24, 2.45) is 0 Å². The van der Waals surface area contributed by atoms with E-state index < -0.39 is 0 Å². The van der Waals surface area contributed by atoms with Gasteiger partial charge in [0.2, 0.25) is 17.7 Å². The largest absolute Gasteiger partial charge is 0.419 e. The van der Waals surface area contributed by atoms with Crippen molar-refractivity contribution >= 4 is 28.5 Å². The molecule has 1 aliphatic carbocycles. The van der Waals surface area contributed by atoms with Gasteiger partial charge in [0, 0.05) is 23.0 Å². The molecule has 2 heterocycles. The van der Waals surface area contributed by atoms with Crippen LogP contribution in [0.2, 0.25) is 5.02 Å². The van der Waals surface area contributed by atoms with Crippen molar-refractivity contribution in [3.63, 3.8) is 0 Å². The topological polar surface area (TPSA) is 77.1 Å². The van der Waals surface area contributed by atoms with Crippen molar-refractivity contribution in [3.05, 3.63) is 65.3 Å². The van der Waals surface area contributed by atoms with E-state index in [2.05, 4.69) is 22.1 Å². The molecule has 5 rings (SSSR count). The summed E-state index contributed by atoms with van der Waals surface area (Å²) in [5.74, 6) is 1.79. The second-order valence-corrected chi connectivity index (χ2v) is 8.15. The summed E-state index contributed by atoms with van der Waals surface area (Å²) in [7, 11) is 0. The first-order valence-corrected chi connectivity index (χ1v) is 10.8. The Bertz CT molecular complexity index is 1230. The third kappa shape index (κ3) is 4.05. The van der Waals surface area contributed by atoms with Crippen molar-refractivity contribution in [1.82, 2.24) is 24.6 Å². The third-order valence-electron chi connectivity index (χ3n) is 5.51. The number of aryl methyl sites for hydroxylation is 1. The van der Waals surface area contributed by atoms with Crippen LogP contribution in [-0.4, -0.2) is 36.6 Å². The van der Waals surface area contributed by atoms with E-state index in [1.165, 1.54) is 0 Å². The molecule has 0 radical (unpaired) electrons. The summed E-state index contributed by atoms with van der Waals surface area (Å²) < 4.78 is 7.85. The standard InChI is InChI=1S/C23H22ClN5O2/c1-2-20-25-18-5-3-4-6-19(18)29(20)14-22(30)28(17-11-12-17)13-21-26-27-23(31-21)15-7-9-16(24)10-8-15/h3-10,17H,2,11-14H2,1H3. The van der Waals surface area contributed by atoms with Gasteiger partial charge in [0.1, 0.15) is 12.4 Å². The number of hydrogen-bond acceptors (Lipinski definition) is 5. The van der Waals surface area contributed by atoms with Crippen LogP contribution in [-0.2, 0) is 24.3 Å². The smallest absolute Gasteiger partial charge is 0.247 e.